The Hall–Kier alpha value is -1.80. The lowest BCUT2D eigenvalue weighted by Crippen LogP contribution is -2.58. The highest BCUT2D eigenvalue weighted by Crippen LogP contribution is 2.36. The Bertz CT molecular complexity index is 761. The number of hydrogen-bond acceptors (Lipinski definition) is 6. The van der Waals surface area contributed by atoms with Crippen molar-refractivity contribution in [3.63, 3.8) is 0 Å². The molecule has 1 saturated heterocycles. The first-order valence-corrected chi connectivity index (χ1v) is 10.9. The number of anilines is 1. The van der Waals surface area contributed by atoms with Crippen LogP contribution in [0.15, 0.2) is 34.9 Å². The van der Waals surface area contributed by atoms with Gasteiger partial charge < -0.3 is 15.3 Å². The van der Waals surface area contributed by atoms with E-state index in [-0.39, 0.29) is 17.5 Å². The first-order chi connectivity index (χ1) is 12.8. The molecule has 1 aliphatic heterocycles. The summed E-state index contributed by atoms with van der Waals surface area (Å²) in [5.41, 5.74) is 1.09. The molecule has 0 spiro atoms. The number of nitrogens with one attached hydrogen (secondary N) is 1. The highest BCUT2D eigenvalue weighted by molar-refractivity contribution is 8.00. The Morgan fingerprint density at radius 1 is 1.41 bits per heavy atom. The third kappa shape index (κ3) is 5.13. The number of pyridine rings is 1. The average Bonchev–Trinajstić information content (AvgIpc) is 3.07. The molecule has 0 radical (unpaired) electrons. The van der Waals surface area contributed by atoms with Crippen molar-refractivity contribution in [2.75, 3.05) is 11.9 Å². The molecule has 1 amide bonds. The summed E-state index contributed by atoms with van der Waals surface area (Å²) < 4.78 is 1.15. The number of aromatic nitrogens is 2. The van der Waals surface area contributed by atoms with Crippen molar-refractivity contribution in [1.82, 2.24) is 14.9 Å². The van der Waals surface area contributed by atoms with Crippen molar-refractivity contribution < 1.29 is 9.90 Å². The van der Waals surface area contributed by atoms with Crippen LogP contribution in [-0.2, 0) is 5.75 Å². The average molecular weight is 407 g/mol. The second-order valence-corrected chi connectivity index (χ2v) is 10.1. The van der Waals surface area contributed by atoms with E-state index in [0.717, 1.165) is 27.9 Å². The smallest absolute Gasteiger partial charge is 0.407 e. The maximum atomic E-state index is 11.7. The van der Waals surface area contributed by atoms with E-state index < -0.39 is 6.09 Å². The van der Waals surface area contributed by atoms with Gasteiger partial charge in [-0.2, -0.15) is 0 Å². The molecule has 3 heterocycles. The van der Waals surface area contributed by atoms with E-state index >= 15 is 0 Å². The summed E-state index contributed by atoms with van der Waals surface area (Å²) in [6.45, 7) is 6.91. The maximum Gasteiger partial charge on any atom is 0.407 e. The van der Waals surface area contributed by atoms with Gasteiger partial charge in [0.05, 0.1) is 16.4 Å². The van der Waals surface area contributed by atoms with Gasteiger partial charge in [0.25, 0.3) is 0 Å². The molecule has 6 nitrogen and oxygen atoms in total. The van der Waals surface area contributed by atoms with Gasteiger partial charge in [-0.15, -0.1) is 11.8 Å². The molecule has 0 aliphatic carbocycles. The van der Waals surface area contributed by atoms with Crippen LogP contribution < -0.4 is 5.32 Å². The molecule has 0 saturated carbocycles. The number of carboxylic acid groups (broad SMARTS) is 1. The minimum Gasteiger partial charge on any atom is -0.465 e. The van der Waals surface area contributed by atoms with Crippen molar-refractivity contribution in [2.24, 2.45) is 5.41 Å². The zero-order valence-corrected chi connectivity index (χ0v) is 17.5. The number of carbonyl (C=O) groups is 1. The molecule has 2 aromatic rings. The van der Waals surface area contributed by atoms with Crippen molar-refractivity contribution in [1.29, 1.82) is 0 Å². The van der Waals surface area contributed by atoms with Crippen LogP contribution in [0, 0.1) is 5.41 Å². The van der Waals surface area contributed by atoms with E-state index in [9.17, 15) is 9.90 Å². The lowest BCUT2D eigenvalue weighted by atomic mass is 9.78. The van der Waals surface area contributed by atoms with Gasteiger partial charge >= 0.3 is 6.09 Å². The summed E-state index contributed by atoms with van der Waals surface area (Å²) in [7, 11) is 0. The van der Waals surface area contributed by atoms with Crippen LogP contribution in [0.25, 0.3) is 0 Å². The summed E-state index contributed by atoms with van der Waals surface area (Å²) in [5, 5.41) is 14.0. The molecule has 2 N–H and O–H groups in total. The van der Waals surface area contributed by atoms with Gasteiger partial charge in [0.2, 0.25) is 0 Å². The molecule has 146 valence electrons. The van der Waals surface area contributed by atoms with Crippen molar-refractivity contribution >= 4 is 34.3 Å². The largest absolute Gasteiger partial charge is 0.465 e. The second-order valence-electron chi connectivity index (χ2n) is 7.81. The summed E-state index contributed by atoms with van der Waals surface area (Å²) in [5.74, 6) is 0.880. The third-order valence-electron chi connectivity index (χ3n) is 4.69. The predicted octanol–water partition coefficient (Wildman–Crippen LogP) is 4.80. The molecule has 2 aromatic heterocycles. The Morgan fingerprint density at radius 2 is 2.15 bits per heavy atom. The number of likely N-dealkylation sites (tertiary alicyclic amines) is 1. The molecule has 0 bridgehead atoms. The van der Waals surface area contributed by atoms with Crippen LogP contribution in [0.1, 0.15) is 39.2 Å². The number of amides is 1. The fraction of sp³-hybridized carbons (Fsp3) is 0.526. The van der Waals surface area contributed by atoms with E-state index in [1.54, 1.807) is 40.4 Å². The predicted molar refractivity (Wildman–Crippen MR) is 111 cm³/mol. The Balaban J connectivity index is 1.66. The van der Waals surface area contributed by atoms with Gasteiger partial charge in [0.15, 0.2) is 5.13 Å². The fourth-order valence-electron chi connectivity index (χ4n) is 3.62. The summed E-state index contributed by atoms with van der Waals surface area (Å²) in [6.07, 6.45) is 6.48. The van der Waals surface area contributed by atoms with Gasteiger partial charge in [-0.1, -0.05) is 32.1 Å². The Labute approximate surface area is 168 Å². The molecule has 1 aliphatic rings. The highest BCUT2D eigenvalue weighted by Gasteiger charge is 2.42. The Morgan fingerprint density at radius 3 is 2.81 bits per heavy atom. The van der Waals surface area contributed by atoms with Crippen LogP contribution in [0.3, 0.4) is 0 Å². The zero-order valence-electron chi connectivity index (χ0n) is 15.9. The van der Waals surface area contributed by atoms with Gasteiger partial charge in [-0.25, -0.2) is 9.78 Å². The number of nitrogens with zero attached hydrogens (tertiary/aromatic N) is 3. The molecule has 3 rings (SSSR count). The normalized spacial score (nSPS) is 20.5. The topological polar surface area (TPSA) is 78.4 Å². The third-order valence-corrected chi connectivity index (χ3v) is 6.88. The number of piperidine rings is 1. The molecule has 27 heavy (non-hydrogen) atoms. The number of thioether (sulfide) groups is 1. The zero-order chi connectivity index (χ0) is 19.4. The summed E-state index contributed by atoms with van der Waals surface area (Å²) in [6, 6.07) is 4.02. The number of rotatable bonds is 5. The van der Waals surface area contributed by atoms with Gasteiger partial charge in [0, 0.05) is 30.7 Å². The SMILES string of the molecule is CC(C)(C)C1C(Nc2ncc(SCc3ccncc3)s2)CCCN1C(=O)O. The number of thiazole rings is 1. The molecule has 1 fully saturated rings. The van der Waals surface area contributed by atoms with E-state index in [2.05, 4.69) is 36.1 Å². The molecule has 2 unspecified atom stereocenters. The lowest BCUT2D eigenvalue weighted by Gasteiger charge is -2.46. The highest BCUT2D eigenvalue weighted by atomic mass is 32.2. The molecule has 2 atom stereocenters. The molecular formula is C19H26N4O2S2. The maximum absolute atomic E-state index is 11.7. The van der Waals surface area contributed by atoms with E-state index in [1.807, 2.05) is 18.3 Å². The van der Waals surface area contributed by atoms with E-state index in [1.165, 1.54) is 5.56 Å². The molecular weight excluding hydrogens is 380 g/mol. The first-order valence-electron chi connectivity index (χ1n) is 9.08. The summed E-state index contributed by atoms with van der Waals surface area (Å²) in [4.78, 5) is 21.9. The minimum atomic E-state index is -0.839. The van der Waals surface area contributed by atoms with E-state index in [0.29, 0.717) is 6.54 Å². The molecule has 0 aromatic carbocycles. The van der Waals surface area contributed by atoms with Gasteiger partial charge in [-0.3, -0.25) is 4.98 Å². The van der Waals surface area contributed by atoms with Crippen LogP contribution in [0.2, 0.25) is 0 Å². The minimum absolute atomic E-state index is 0.0686. The van der Waals surface area contributed by atoms with Crippen molar-refractivity contribution in [3.05, 3.63) is 36.3 Å². The van der Waals surface area contributed by atoms with Crippen molar-refractivity contribution in [3.8, 4) is 0 Å². The monoisotopic (exact) mass is 406 g/mol. The van der Waals surface area contributed by atoms with E-state index in [4.69, 9.17) is 0 Å². The van der Waals surface area contributed by atoms with Crippen LogP contribution in [-0.4, -0.2) is 44.7 Å². The molecule has 8 heteroatoms. The lowest BCUT2D eigenvalue weighted by molar-refractivity contribution is 0.0519. The first kappa shape index (κ1) is 19.9. The quantitative estimate of drug-likeness (QED) is 0.695. The number of hydrogen-bond donors (Lipinski definition) is 2. The second kappa shape index (κ2) is 8.48. The van der Waals surface area contributed by atoms with Crippen LogP contribution in [0.4, 0.5) is 9.93 Å². The Kier molecular flexibility index (Phi) is 6.26. The van der Waals surface area contributed by atoms with Crippen LogP contribution in [0.5, 0.6) is 0 Å². The van der Waals surface area contributed by atoms with Gasteiger partial charge in [0.1, 0.15) is 0 Å². The van der Waals surface area contributed by atoms with Gasteiger partial charge in [-0.05, 0) is 36.0 Å². The fourth-order valence-corrected chi connectivity index (χ4v) is 5.51. The summed E-state index contributed by atoms with van der Waals surface area (Å²) >= 11 is 3.38. The standard InChI is InChI=1S/C19H26N4O2S2/c1-19(2,3)16-14(5-4-10-23(16)18(24)25)22-17-21-11-15(27-17)26-12-13-6-8-20-9-7-13/h6-9,11,14,16H,4-5,10,12H2,1-3H3,(H,21,22)(H,24,25). The van der Waals surface area contributed by atoms with Crippen molar-refractivity contribution in [2.45, 2.75) is 55.7 Å². The van der Waals surface area contributed by atoms with Crippen LogP contribution >= 0.6 is 23.1 Å².